The summed E-state index contributed by atoms with van der Waals surface area (Å²) in [5.41, 5.74) is 0.529. The van der Waals surface area contributed by atoms with E-state index in [9.17, 15) is 0 Å². The number of hydrogen-bond donors (Lipinski definition) is 0. The summed E-state index contributed by atoms with van der Waals surface area (Å²) in [6.45, 7) is 17.1. The minimum atomic E-state index is 0.529. The molecule has 0 nitrogen and oxygen atoms in total. The fraction of sp³-hybridized carbons (Fsp3) is 1.00. The van der Waals surface area contributed by atoms with Gasteiger partial charge in [-0.3, -0.25) is 0 Å². The van der Waals surface area contributed by atoms with Crippen LogP contribution in [0.1, 0.15) is 74.1 Å². The molecule has 0 rings (SSSR count). The number of rotatable bonds is 10. The minimum absolute atomic E-state index is 0.529. The average Bonchev–Trinajstić information content (AvgIpc) is 2.42. The highest BCUT2D eigenvalue weighted by Crippen LogP contribution is 2.43. The first-order valence-corrected chi connectivity index (χ1v) is 9.72. The van der Waals surface area contributed by atoms with Crippen LogP contribution in [0.15, 0.2) is 0 Å². The van der Waals surface area contributed by atoms with Gasteiger partial charge in [-0.2, -0.15) is 11.8 Å². The Bertz CT molecular complexity index is 226. The van der Waals surface area contributed by atoms with E-state index in [4.69, 9.17) is 0 Å². The Hall–Kier alpha value is 0.350. The highest BCUT2D eigenvalue weighted by molar-refractivity contribution is 7.98. The van der Waals surface area contributed by atoms with Crippen LogP contribution in [-0.4, -0.2) is 12.0 Å². The van der Waals surface area contributed by atoms with E-state index < -0.39 is 0 Å². The molecule has 0 spiro atoms. The first-order valence-electron chi connectivity index (χ1n) is 8.32. The quantitative estimate of drug-likeness (QED) is 0.441. The van der Waals surface area contributed by atoms with E-state index in [-0.39, 0.29) is 0 Å². The molecule has 0 saturated carbocycles. The summed E-state index contributed by atoms with van der Waals surface area (Å²) in [7, 11) is 0. The van der Waals surface area contributed by atoms with Crippen LogP contribution in [0.3, 0.4) is 0 Å². The van der Waals surface area contributed by atoms with Crippen molar-refractivity contribution >= 4 is 11.8 Å². The van der Waals surface area contributed by atoms with Crippen molar-refractivity contribution in [3.05, 3.63) is 0 Å². The molecule has 0 aromatic carbocycles. The van der Waals surface area contributed by atoms with E-state index in [0.29, 0.717) is 5.41 Å². The van der Waals surface area contributed by atoms with Crippen molar-refractivity contribution < 1.29 is 0 Å². The van der Waals surface area contributed by atoms with E-state index in [0.717, 1.165) is 23.7 Å². The van der Waals surface area contributed by atoms with Gasteiger partial charge in [0.05, 0.1) is 0 Å². The molecular weight excluding hydrogens is 248 g/mol. The van der Waals surface area contributed by atoms with Crippen LogP contribution < -0.4 is 0 Å². The van der Waals surface area contributed by atoms with Gasteiger partial charge in [-0.15, -0.1) is 0 Å². The Morgan fingerprint density at radius 1 is 1.00 bits per heavy atom. The molecular formula is C18H38S. The van der Waals surface area contributed by atoms with Crippen molar-refractivity contribution in [1.82, 2.24) is 0 Å². The van der Waals surface area contributed by atoms with E-state index in [1.807, 2.05) is 11.8 Å². The number of thioether (sulfide) groups is 1. The maximum absolute atomic E-state index is 2.51. The Morgan fingerprint density at radius 3 is 2.00 bits per heavy atom. The van der Waals surface area contributed by atoms with Gasteiger partial charge >= 0.3 is 0 Å². The van der Waals surface area contributed by atoms with Crippen molar-refractivity contribution in [3.63, 3.8) is 0 Å². The molecule has 0 fully saturated rings. The van der Waals surface area contributed by atoms with Gasteiger partial charge in [0.25, 0.3) is 0 Å². The van der Waals surface area contributed by atoms with Crippen LogP contribution in [0.2, 0.25) is 0 Å². The molecule has 0 aliphatic carbocycles. The van der Waals surface area contributed by atoms with Crippen LogP contribution in [0, 0.1) is 29.1 Å². The minimum Gasteiger partial charge on any atom is -0.165 e. The third-order valence-corrected chi connectivity index (χ3v) is 6.66. The maximum Gasteiger partial charge on any atom is -0.00677 e. The van der Waals surface area contributed by atoms with E-state index in [1.165, 1.54) is 31.4 Å². The van der Waals surface area contributed by atoms with Crippen molar-refractivity contribution in [1.29, 1.82) is 0 Å². The van der Waals surface area contributed by atoms with Gasteiger partial charge in [-0.25, -0.2) is 0 Å². The smallest absolute Gasteiger partial charge is 0.00677 e. The van der Waals surface area contributed by atoms with Crippen LogP contribution in [0.25, 0.3) is 0 Å². The SMILES string of the molecule is CCCC(C)(CC)C(C)C(C)C(C)C(C)CCSC. The van der Waals surface area contributed by atoms with Crippen molar-refractivity contribution in [2.24, 2.45) is 29.1 Å². The van der Waals surface area contributed by atoms with Crippen LogP contribution >= 0.6 is 11.8 Å². The molecule has 19 heavy (non-hydrogen) atoms. The lowest BCUT2D eigenvalue weighted by Gasteiger charge is -2.42. The van der Waals surface area contributed by atoms with E-state index >= 15 is 0 Å². The van der Waals surface area contributed by atoms with Gasteiger partial charge < -0.3 is 0 Å². The fourth-order valence-electron chi connectivity index (χ4n) is 3.47. The molecule has 5 atom stereocenters. The topological polar surface area (TPSA) is 0 Å². The van der Waals surface area contributed by atoms with Crippen molar-refractivity contribution in [2.45, 2.75) is 74.1 Å². The lowest BCUT2D eigenvalue weighted by Crippen LogP contribution is -2.34. The zero-order valence-electron chi connectivity index (χ0n) is 14.8. The largest absolute Gasteiger partial charge is 0.165 e. The Labute approximate surface area is 127 Å². The molecule has 0 bridgehead atoms. The molecule has 0 aromatic heterocycles. The first kappa shape index (κ1) is 19.4. The normalized spacial score (nSPS) is 21.5. The predicted molar refractivity (Wildman–Crippen MR) is 93.0 cm³/mol. The summed E-state index contributed by atoms with van der Waals surface area (Å²) < 4.78 is 0. The summed E-state index contributed by atoms with van der Waals surface area (Å²) in [5, 5.41) is 0. The zero-order valence-corrected chi connectivity index (χ0v) is 15.6. The first-order chi connectivity index (χ1) is 8.83. The van der Waals surface area contributed by atoms with Gasteiger partial charge in [0.2, 0.25) is 0 Å². The monoisotopic (exact) mass is 286 g/mol. The average molecular weight is 287 g/mol. The van der Waals surface area contributed by atoms with Crippen molar-refractivity contribution in [2.75, 3.05) is 12.0 Å². The summed E-state index contributed by atoms with van der Waals surface area (Å²) in [6, 6.07) is 0. The molecule has 0 aliphatic heterocycles. The molecule has 5 unspecified atom stereocenters. The van der Waals surface area contributed by atoms with Gasteiger partial charge in [0.15, 0.2) is 0 Å². The Kier molecular flexibility index (Phi) is 9.49. The van der Waals surface area contributed by atoms with Crippen LogP contribution in [0.4, 0.5) is 0 Å². The molecule has 0 aliphatic rings. The van der Waals surface area contributed by atoms with E-state index in [2.05, 4.69) is 54.7 Å². The van der Waals surface area contributed by atoms with E-state index in [1.54, 1.807) is 0 Å². The summed E-state index contributed by atoms with van der Waals surface area (Å²) in [4.78, 5) is 0. The van der Waals surface area contributed by atoms with Crippen LogP contribution in [0.5, 0.6) is 0 Å². The predicted octanol–water partition coefficient (Wildman–Crippen LogP) is 6.50. The Balaban J connectivity index is 4.64. The number of hydrogen-bond acceptors (Lipinski definition) is 1. The van der Waals surface area contributed by atoms with Gasteiger partial charge in [0, 0.05) is 0 Å². The third kappa shape index (κ3) is 5.69. The summed E-state index contributed by atoms with van der Waals surface area (Å²) in [6.07, 6.45) is 7.60. The molecule has 0 amide bonds. The second kappa shape index (κ2) is 9.32. The maximum atomic E-state index is 2.51. The standard InChI is InChI=1S/C18H38S/c1-9-12-18(7,10-2)17(6)16(5)15(4)14(3)11-13-19-8/h14-17H,9-13H2,1-8H3. The Morgan fingerprint density at radius 2 is 1.58 bits per heavy atom. The lowest BCUT2D eigenvalue weighted by molar-refractivity contribution is 0.0775. The highest BCUT2D eigenvalue weighted by Gasteiger charge is 2.35. The van der Waals surface area contributed by atoms with Crippen molar-refractivity contribution in [3.8, 4) is 0 Å². The second-order valence-electron chi connectivity index (χ2n) is 7.02. The summed E-state index contributed by atoms with van der Waals surface area (Å²) >= 11 is 1.99. The van der Waals surface area contributed by atoms with Gasteiger partial charge in [-0.1, -0.05) is 61.3 Å². The molecule has 0 saturated heterocycles. The molecule has 0 aromatic rings. The van der Waals surface area contributed by atoms with Gasteiger partial charge in [0.1, 0.15) is 0 Å². The lowest BCUT2D eigenvalue weighted by atomic mass is 9.63. The van der Waals surface area contributed by atoms with Gasteiger partial charge in [-0.05, 0) is 53.9 Å². The zero-order chi connectivity index (χ0) is 15.1. The van der Waals surface area contributed by atoms with Crippen LogP contribution in [-0.2, 0) is 0 Å². The molecule has 1 heteroatoms. The summed E-state index contributed by atoms with van der Waals surface area (Å²) in [5.74, 6) is 4.65. The molecule has 116 valence electrons. The second-order valence-corrected chi connectivity index (χ2v) is 8.01. The molecule has 0 radical (unpaired) electrons. The molecule has 0 N–H and O–H groups in total. The fourth-order valence-corrected chi connectivity index (χ4v) is 4.08. The third-order valence-electron chi connectivity index (χ3n) is 6.02. The molecule has 0 heterocycles. The highest BCUT2D eigenvalue weighted by atomic mass is 32.2.